The van der Waals surface area contributed by atoms with Crippen molar-refractivity contribution in [1.29, 1.82) is 0 Å². The van der Waals surface area contributed by atoms with E-state index >= 15 is 0 Å². The van der Waals surface area contributed by atoms with Gasteiger partial charge in [-0.2, -0.15) is 0 Å². The molecule has 1 aromatic carbocycles. The Bertz CT molecular complexity index is 726. The Morgan fingerprint density at radius 1 is 0.906 bits per heavy atom. The normalized spacial score (nSPS) is 13.4. The maximum absolute atomic E-state index is 5.93. The molecule has 0 bridgehead atoms. The van der Waals surface area contributed by atoms with E-state index < -0.39 is 0 Å². The third-order valence-corrected chi connectivity index (χ3v) is 5.09. The van der Waals surface area contributed by atoms with Gasteiger partial charge in [-0.3, -0.25) is 15.0 Å². The third-order valence-electron chi connectivity index (χ3n) is 5.09. The fourth-order valence-electron chi connectivity index (χ4n) is 3.33. The number of unbranched alkanes of at least 4 members (excludes halogenated alkanes) is 6. The minimum Gasteiger partial charge on any atom is -0.494 e. The van der Waals surface area contributed by atoms with E-state index in [1.165, 1.54) is 19.3 Å². The van der Waals surface area contributed by atoms with Crippen LogP contribution in [0.1, 0.15) is 56.9 Å². The van der Waals surface area contributed by atoms with Gasteiger partial charge in [-0.25, -0.2) is 0 Å². The zero-order valence-corrected chi connectivity index (χ0v) is 19.2. The van der Waals surface area contributed by atoms with Crippen LogP contribution in [0.5, 0.6) is 5.75 Å². The van der Waals surface area contributed by atoms with Crippen LogP contribution in [0.4, 0.5) is 0 Å². The molecule has 8 N–H and O–H groups in total. The largest absolute Gasteiger partial charge is 0.494 e. The Hall–Kier alpha value is -2.97. The van der Waals surface area contributed by atoms with Crippen LogP contribution < -0.4 is 32.6 Å². The number of nitrogens with one attached hydrogen (secondary N) is 2. The Labute approximate surface area is 192 Å². The van der Waals surface area contributed by atoms with Gasteiger partial charge in [0, 0.05) is 31.7 Å². The van der Waals surface area contributed by atoms with E-state index in [1.54, 1.807) is 0 Å². The number of hydrogen-bond acceptors (Lipinski definition) is 5. The van der Waals surface area contributed by atoms with Crippen molar-refractivity contribution in [3.05, 3.63) is 29.8 Å². The molecule has 0 unspecified atom stereocenters. The van der Waals surface area contributed by atoms with E-state index in [-0.39, 0.29) is 5.96 Å². The number of nitrogens with two attached hydrogens (primary N) is 3. The van der Waals surface area contributed by atoms with Gasteiger partial charge in [0.2, 0.25) is 0 Å². The maximum atomic E-state index is 5.93. The summed E-state index contributed by atoms with van der Waals surface area (Å²) < 4.78 is 5.81. The van der Waals surface area contributed by atoms with Crippen molar-refractivity contribution in [1.82, 2.24) is 10.6 Å². The molecule has 0 aliphatic carbocycles. The Kier molecular flexibility index (Phi) is 12.5. The van der Waals surface area contributed by atoms with Gasteiger partial charge in [-0.15, -0.1) is 0 Å². The number of ether oxygens (including phenoxy) is 1. The van der Waals surface area contributed by atoms with Crippen LogP contribution in [-0.4, -0.2) is 57.1 Å². The fourth-order valence-corrected chi connectivity index (χ4v) is 3.33. The number of rotatable bonds is 16. The molecular weight excluding hydrogens is 404 g/mol. The summed E-state index contributed by atoms with van der Waals surface area (Å²) in [4.78, 5) is 12.8. The van der Waals surface area contributed by atoms with Gasteiger partial charge in [0.25, 0.3) is 0 Å². The van der Waals surface area contributed by atoms with Gasteiger partial charge < -0.3 is 32.6 Å². The fraction of sp³-hybridized carbons (Fsp3) is 0.609. The number of hydrogen-bond donors (Lipinski definition) is 5. The highest BCUT2D eigenvalue weighted by atomic mass is 16.5. The van der Waals surface area contributed by atoms with Crippen LogP contribution in [0.3, 0.4) is 0 Å². The highest BCUT2D eigenvalue weighted by Crippen LogP contribution is 2.13. The molecule has 0 spiro atoms. The molecule has 1 aromatic rings. The molecule has 0 fully saturated rings. The quantitative estimate of drug-likeness (QED) is 0.149. The summed E-state index contributed by atoms with van der Waals surface area (Å²) in [7, 11) is 0. The van der Waals surface area contributed by atoms with Crippen LogP contribution in [-0.2, 0) is 0 Å². The van der Waals surface area contributed by atoms with Crippen molar-refractivity contribution < 1.29 is 4.74 Å². The zero-order valence-electron chi connectivity index (χ0n) is 19.2. The first-order chi connectivity index (χ1) is 15.6. The average Bonchev–Trinajstić information content (AvgIpc) is 3.32. The van der Waals surface area contributed by atoms with Crippen molar-refractivity contribution in [2.45, 2.75) is 51.4 Å². The number of guanidine groups is 2. The maximum Gasteiger partial charge on any atom is 0.188 e. The molecule has 1 aliphatic rings. The van der Waals surface area contributed by atoms with E-state index in [4.69, 9.17) is 21.9 Å². The zero-order chi connectivity index (χ0) is 22.9. The van der Waals surface area contributed by atoms with Crippen molar-refractivity contribution in [2.75, 3.05) is 39.3 Å². The van der Waals surface area contributed by atoms with Gasteiger partial charge in [0.15, 0.2) is 11.9 Å². The first-order valence-electron chi connectivity index (χ1n) is 11.8. The lowest BCUT2D eigenvalue weighted by Crippen LogP contribution is -2.32. The average molecular weight is 445 g/mol. The smallest absolute Gasteiger partial charge is 0.188 e. The monoisotopic (exact) mass is 444 g/mol. The summed E-state index contributed by atoms with van der Waals surface area (Å²) in [5, 5.41) is 6.45. The molecule has 9 nitrogen and oxygen atoms in total. The number of benzene rings is 1. The van der Waals surface area contributed by atoms with Gasteiger partial charge in [0.05, 0.1) is 13.2 Å². The summed E-state index contributed by atoms with van der Waals surface area (Å²) in [5.41, 5.74) is 17.6. The molecule has 0 saturated carbocycles. The summed E-state index contributed by atoms with van der Waals surface area (Å²) in [5.74, 6) is 2.56. The first kappa shape index (κ1) is 25.3. The van der Waals surface area contributed by atoms with Gasteiger partial charge >= 0.3 is 0 Å². The first-order valence-corrected chi connectivity index (χ1v) is 11.8. The van der Waals surface area contributed by atoms with Crippen LogP contribution >= 0.6 is 0 Å². The van der Waals surface area contributed by atoms with Crippen molar-refractivity contribution in [3.8, 4) is 5.75 Å². The molecule has 32 heavy (non-hydrogen) atoms. The summed E-state index contributed by atoms with van der Waals surface area (Å²) in [6.07, 6.45) is 8.78. The predicted octanol–water partition coefficient (Wildman–Crippen LogP) is 1.71. The van der Waals surface area contributed by atoms with Gasteiger partial charge in [0.1, 0.15) is 11.6 Å². The Morgan fingerprint density at radius 2 is 1.59 bits per heavy atom. The topological polar surface area (TPSA) is 148 Å². The summed E-state index contributed by atoms with van der Waals surface area (Å²) in [6, 6.07) is 8.07. The molecule has 0 atom stereocenters. The standard InChI is InChI=1S/C23H40N8O/c24-22(25)29-13-5-3-1-2-4-6-14-30-23(26)31-15-7-8-18-32-20-11-9-19(10-12-20)21-27-16-17-28-21/h9-12H,1-8,13-18H2,(H,27,28)(H4,24,25,29)(H3,26,30,31). The van der Waals surface area contributed by atoms with Crippen LogP contribution in [0.25, 0.3) is 0 Å². The van der Waals surface area contributed by atoms with E-state index in [2.05, 4.69) is 25.6 Å². The molecule has 2 rings (SSSR count). The summed E-state index contributed by atoms with van der Waals surface area (Å²) >= 11 is 0. The second-order valence-electron chi connectivity index (χ2n) is 7.86. The van der Waals surface area contributed by atoms with Crippen molar-refractivity contribution >= 4 is 17.8 Å². The van der Waals surface area contributed by atoms with E-state index in [0.717, 1.165) is 82.0 Å². The minimum atomic E-state index is 0.178. The van der Waals surface area contributed by atoms with E-state index in [1.807, 2.05) is 24.3 Å². The molecule has 0 saturated heterocycles. The van der Waals surface area contributed by atoms with Crippen LogP contribution in [0, 0.1) is 0 Å². The molecule has 1 heterocycles. The molecule has 0 amide bonds. The predicted molar refractivity (Wildman–Crippen MR) is 133 cm³/mol. The lowest BCUT2D eigenvalue weighted by atomic mass is 10.1. The molecule has 0 radical (unpaired) electrons. The number of amidine groups is 1. The van der Waals surface area contributed by atoms with Gasteiger partial charge in [-0.1, -0.05) is 25.7 Å². The highest BCUT2D eigenvalue weighted by molar-refractivity contribution is 5.99. The molecule has 178 valence electrons. The highest BCUT2D eigenvalue weighted by Gasteiger charge is 2.07. The molecule has 9 heteroatoms. The van der Waals surface area contributed by atoms with E-state index in [0.29, 0.717) is 12.6 Å². The Balaban J connectivity index is 1.41. The molecular formula is C23H40N8O. The third kappa shape index (κ3) is 11.4. The second-order valence-corrected chi connectivity index (χ2v) is 7.86. The van der Waals surface area contributed by atoms with Crippen LogP contribution in [0.2, 0.25) is 0 Å². The van der Waals surface area contributed by atoms with Gasteiger partial charge in [-0.05, 0) is 49.9 Å². The SMILES string of the molecule is NC(N)=NCCCCCCCCN=C(N)NCCCCOc1ccc(C2=NCCN2)cc1. The van der Waals surface area contributed by atoms with E-state index in [9.17, 15) is 0 Å². The number of aliphatic imine (C=N–C) groups is 3. The second kappa shape index (κ2) is 15.8. The summed E-state index contributed by atoms with van der Waals surface area (Å²) in [6.45, 7) is 4.75. The van der Waals surface area contributed by atoms with Crippen molar-refractivity contribution in [3.63, 3.8) is 0 Å². The lowest BCUT2D eigenvalue weighted by Gasteiger charge is -2.08. The molecule has 1 aliphatic heterocycles. The number of nitrogens with zero attached hydrogens (tertiary/aromatic N) is 3. The lowest BCUT2D eigenvalue weighted by molar-refractivity contribution is 0.307. The minimum absolute atomic E-state index is 0.178. The molecule has 0 aromatic heterocycles. The Morgan fingerprint density at radius 3 is 2.25 bits per heavy atom. The van der Waals surface area contributed by atoms with Crippen LogP contribution in [0.15, 0.2) is 39.2 Å². The van der Waals surface area contributed by atoms with Crippen molar-refractivity contribution in [2.24, 2.45) is 32.2 Å².